The number of benzene rings is 1. The summed E-state index contributed by atoms with van der Waals surface area (Å²) < 4.78 is 19.0. The van der Waals surface area contributed by atoms with Crippen molar-refractivity contribution < 1.29 is 18.7 Å². The van der Waals surface area contributed by atoms with Crippen LogP contribution in [0, 0.1) is 5.82 Å². The van der Waals surface area contributed by atoms with Crippen molar-refractivity contribution in [1.82, 2.24) is 0 Å². The summed E-state index contributed by atoms with van der Waals surface area (Å²) in [7, 11) is 0. The lowest BCUT2D eigenvalue weighted by atomic mass is 10.0. The molecule has 0 amide bonds. The van der Waals surface area contributed by atoms with Gasteiger partial charge in [-0.15, -0.1) is 0 Å². The number of carbonyl (C=O) groups excluding carboxylic acids is 2. The van der Waals surface area contributed by atoms with Gasteiger partial charge in [-0.25, -0.2) is 4.39 Å². The summed E-state index contributed by atoms with van der Waals surface area (Å²) in [4.78, 5) is 23.2. The predicted molar refractivity (Wildman–Crippen MR) is 69.2 cm³/mol. The Balaban J connectivity index is 2.59. The molecule has 1 aromatic carbocycles. The molecule has 0 heterocycles. The van der Waals surface area contributed by atoms with E-state index in [-0.39, 0.29) is 24.2 Å². The Morgan fingerprint density at radius 3 is 2.78 bits per heavy atom. The zero-order chi connectivity index (χ0) is 13.5. The summed E-state index contributed by atoms with van der Waals surface area (Å²) in [5, 5.41) is 0. The van der Waals surface area contributed by atoms with Crippen LogP contribution in [-0.4, -0.2) is 24.8 Å². The highest BCUT2D eigenvalue weighted by molar-refractivity contribution is 9.10. The molecule has 0 N–H and O–H groups in total. The van der Waals surface area contributed by atoms with Gasteiger partial charge in [0.2, 0.25) is 0 Å². The minimum Gasteiger partial charge on any atom is -0.381 e. The first-order valence-corrected chi connectivity index (χ1v) is 6.41. The number of ether oxygens (including phenoxy) is 1. The third kappa shape index (κ3) is 4.66. The number of carbonyl (C=O) groups is 2. The quantitative estimate of drug-likeness (QED) is 0.441. The van der Waals surface area contributed by atoms with Gasteiger partial charge in [0.25, 0.3) is 0 Å². The molecular weight excluding hydrogens is 303 g/mol. The molecule has 0 fully saturated rings. The highest BCUT2D eigenvalue weighted by atomic mass is 79.9. The van der Waals surface area contributed by atoms with E-state index < -0.39 is 11.6 Å². The largest absolute Gasteiger partial charge is 0.381 e. The van der Waals surface area contributed by atoms with Crippen LogP contribution in [0.2, 0.25) is 0 Å². The van der Waals surface area contributed by atoms with Crippen molar-refractivity contribution in [1.29, 1.82) is 0 Å². The first-order chi connectivity index (χ1) is 8.54. The lowest BCUT2D eigenvalue weighted by Crippen LogP contribution is -2.12. The van der Waals surface area contributed by atoms with E-state index in [4.69, 9.17) is 4.74 Å². The first-order valence-electron chi connectivity index (χ1n) is 5.62. The maximum absolute atomic E-state index is 13.4. The van der Waals surface area contributed by atoms with Gasteiger partial charge in [-0.05, 0) is 25.1 Å². The van der Waals surface area contributed by atoms with Crippen molar-refractivity contribution in [2.75, 3.05) is 13.2 Å². The number of rotatable bonds is 7. The van der Waals surface area contributed by atoms with Crippen molar-refractivity contribution in [2.24, 2.45) is 0 Å². The molecule has 0 bridgehead atoms. The monoisotopic (exact) mass is 316 g/mol. The fraction of sp³-hybridized carbons (Fsp3) is 0.385. The van der Waals surface area contributed by atoms with Crippen LogP contribution in [0.15, 0.2) is 22.7 Å². The van der Waals surface area contributed by atoms with Crippen molar-refractivity contribution in [2.45, 2.75) is 19.8 Å². The maximum atomic E-state index is 13.4. The maximum Gasteiger partial charge on any atom is 0.173 e. The van der Waals surface area contributed by atoms with Crippen molar-refractivity contribution in [3.05, 3.63) is 34.1 Å². The van der Waals surface area contributed by atoms with Crippen molar-refractivity contribution in [3.63, 3.8) is 0 Å². The van der Waals surface area contributed by atoms with E-state index in [1.165, 1.54) is 18.2 Å². The molecule has 18 heavy (non-hydrogen) atoms. The van der Waals surface area contributed by atoms with Crippen molar-refractivity contribution in [3.8, 4) is 0 Å². The zero-order valence-electron chi connectivity index (χ0n) is 10.0. The van der Waals surface area contributed by atoms with Gasteiger partial charge in [0, 0.05) is 17.5 Å². The van der Waals surface area contributed by atoms with E-state index in [2.05, 4.69) is 15.9 Å². The van der Waals surface area contributed by atoms with Crippen LogP contribution >= 0.6 is 15.9 Å². The van der Waals surface area contributed by atoms with Gasteiger partial charge in [-0.2, -0.15) is 0 Å². The number of Topliss-reactive ketones (excluding diaryl/α,β-unsaturated/α-hetero) is 2. The summed E-state index contributed by atoms with van der Waals surface area (Å²) >= 11 is 3.16. The Bertz CT molecular complexity index is 446. The number of hydrogen-bond acceptors (Lipinski definition) is 3. The molecule has 0 saturated carbocycles. The molecule has 0 aliphatic heterocycles. The van der Waals surface area contributed by atoms with Crippen LogP contribution in [0.4, 0.5) is 4.39 Å². The van der Waals surface area contributed by atoms with Gasteiger partial charge in [-0.3, -0.25) is 9.59 Å². The van der Waals surface area contributed by atoms with Gasteiger partial charge in [0.1, 0.15) is 11.6 Å². The summed E-state index contributed by atoms with van der Waals surface area (Å²) in [6.45, 7) is 2.65. The minimum absolute atomic E-state index is 0.0610. The van der Waals surface area contributed by atoms with Gasteiger partial charge < -0.3 is 4.74 Å². The smallest absolute Gasteiger partial charge is 0.173 e. The first kappa shape index (κ1) is 15.0. The van der Waals surface area contributed by atoms with Crippen LogP contribution in [-0.2, 0) is 9.53 Å². The Morgan fingerprint density at radius 2 is 2.11 bits per heavy atom. The molecule has 1 aromatic rings. The van der Waals surface area contributed by atoms with Crippen LogP contribution in [0.1, 0.15) is 30.1 Å². The lowest BCUT2D eigenvalue weighted by Gasteiger charge is -2.03. The molecule has 98 valence electrons. The molecule has 0 aromatic heterocycles. The van der Waals surface area contributed by atoms with Gasteiger partial charge in [0.15, 0.2) is 5.78 Å². The highest BCUT2D eigenvalue weighted by Crippen LogP contribution is 2.17. The van der Waals surface area contributed by atoms with Crippen LogP contribution < -0.4 is 0 Å². The SMILES string of the molecule is CCOCCC(=O)CC(=O)c1cc(Br)ccc1F. The summed E-state index contributed by atoms with van der Waals surface area (Å²) in [6, 6.07) is 4.08. The third-order valence-electron chi connectivity index (χ3n) is 2.32. The van der Waals surface area contributed by atoms with Crippen LogP contribution in [0.3, 0.4) is 0 Å². The fourth-order valence-corrected chi connectivity index (χ4v) is 1.77. The lowest BCUT2D eigenvalue weighted by molar-refractivity contribution is -0.119. The minimum atomic E-state index is -0.610. The zero-order valence-corrected chi connectivity index (χ0v) is 11.6. The van der Waals surface area contributed by atoms with Gasteiger partial charge in [-0.1, -0.05) is 15.9 Å². The number of ketones is 2. The molecule has 0 unspecified atom stereocenters. The summed E-state index contributed by atoms with van der Waals surface area (Å²) in [5.74, 6) is -1.36. The standard InChI is InChI=1S/C13H14BrFO3/c1-2-18-6-5-10(16)8-13(17)11-7-9(14)3-4-12(11)15/h3-4,7H,2,5-6,8H2,1H3. The Hall–Kier alpha value is -1.07. The van der Waals surface area contributed by atoms with E-state index in [1.54, 1.807) is 0 Å². The van der Waals surface area contributed by atoms with Gasteiger partial charge in [0.05, 0.1) is 18.6 Å². The molecule has 0 spiro atoms. The van der Waals surface area contributed by atoms with E-state index >= 15 is 0 Å². The normalized spacial score (nSPS) is 10.4. The molecule has 0 radical (unpaired) electrons. The Kier molecular flexibility index (Phi) is 6.15. The Labute approximate surface area is 113 Å². The van der Waals surface area contributed by atoms with E-state index in [0.717, 1.165) is 0 Å². The van der Waals surface area contributed by atoms with E-state index in [0.29, 0.717) is 17.7 Å². The van der Waals surface area contributed by atoms with Crippen LogP contribution in [0.5, 0.6) is 0 Å². The average Bonchev–Trinajstić information content (AvgIpc) is 2.32. The molecule has 0 aliphatic carbocycles. The fourth-order valence-electron chi connectivity index (χ4n) is 1.40. The third-order valence-corrected chi connectivity index (χ3v) is 2.81. The van der Waals surface area contributed by atoms with Crippen LogP contribution in [0.25, 0.3) is 0 Å². The topological polar surface area (TPSA) is 43.4 Å². The van der Waals surface area contributed by atoms with E-state index in [9.17, 15) is 14.0 Å². The second kappa shape index (κ2) is 7.38. The molecule has 0 atom stereocenters. The Morgan fingerprint density at radius 1 is 1.39 bits per heavy atom. The molecule has 1 rings (SSSR count). The molecule has 0 aliphatic rings. The second-order valence-electron chi connectivity index (χ2n) is 3.71. The summed E-state index contributed by atoms with van der Waals surface area (Å²) in [5.41, 5.74) is -0.0610. The second-order valence-corrected chi connectivity index (χ2v) is 4.63. The molecule has 3 nitrogen and oxygen atoms in total. The number of hydrogen-bond donors (Lipinski definition) is 0. The summed E-state index contributed by atoms with van der Waals surface area (Å²) in [6.07, 6.45) is -0.115. The van der Waals surface area contributed by atoms with Gasteiger partial charge >= 0.3 is 0 Å². The van der Waals surface area contributed by atoms with Crippen molar-refractivity contribution >= 4 is 27.5 Å². The average molecular weight is 317 g/mol. The van der Waals surface area contributed by atoms with E-state index in [1.807, 2.05) is 6.92 Å². The predicted octanol–water partition coefficient (Wildman–Crippen LogP) is 3.16. The highest BCUT2D eigenvalue weighted by Gasteiger charge is 2.15. The molecule has 0 saturated heterocycles. The molecule has 5 heteroatoms. The molecular formula is C13H14BrFO3. The number of halogens is 2.